The highest BCUT2D eigenvalue weighted by Crippen LogP contribution is 2.34. The van der Waals surface area contributed by atoms with E-state index in [9.17, 15) is 0 Å². The molecular weight excluding hydrogens is 270 g/mol. The molecule has 0 saturated heterocycles. The highest BCUT2D eigenvalue weighted by atomic mass is 32.1. The van der Waals surface area contributed by atoms with Crippen molar-refractivity contribution in [2.45, 2.75) is 45.3 Å². The Bertz CT molecular complexity index is 519. The standard InChI is InChI=1S/C15H21N3OS/c1-2-7-16-9-12-11-20-15(17-12)18(13-5-6-13)10-14-4-3-8-19-14/h3-4,8,11,13,16H,2,5-7,9-10H2,1H3. The number of hydrogen-bond donors (Lipinski definition) is 1. The summed E-state index contributed by atoms with van der Waals surface area (Å²) in [5.41, 5.74) is 1.14. The monoisotopic (exact) mass is 291 g/mol. The smallest absolute Gasteiger partial charge is 0.186 e. The lowest BCUT2D eigenvalue weighted by Crippen LogP contribution is -2.24. The van der Waals surface area contributed by atoms with Gasteiger partial charge in [-0.3, -0.25) is 0 Å². The fraction of sp³-hybridized carbons (Fsp3) is 0.533. The largest absolute Gasteiger partial charge is 0.467 e. The summed E-state index contributed by atoms with van der Waals surface area (Å²) in [7, 11) is 0. The summed E-state index contributed by atoms with van der Waals surface area (Å²) in [6, 6.07) is 4.62. The number of nitrogens with zero attached hydrogens (tertiary/aromatic N) is 2. The van der Waals surface area contributed by atoms with Crippen molar-refractivity contribution in [2.24, 2.45) is 0 Å². The van der Waals surface area contributed by atoms with E-state index < -0.39 is 0 Å². The molecule has 0 radical (unpaired) electrons. The molecule has 20 heavy (non-hydrogen) atoms. The molecule has 2 aromatic rings. The molecule has 1 saturated carbocycles. The molecule has 1 aliphatic rings. The van der Waals surface area contributed by atoms with Crippen LogP contribution in [0.1, 0.15) is 37.6 Å². The van der Waals surface area contributed by atoms with E-state index in [1.807, 2.05) is 12.1 Å². The van der Waals surface area contributed by atoms with Gasteiger partial charge in [0.1, 0.15) is 5.76 Å². The van der Waals surface area contributed by atoms with Gasteiger partial charge >= 0.3 is 0 Å². The zero-order chi connectivity index (χ0) is 13.8. The molecule has 1 N–H and O–H groups in total. The summed E-state index contributed by atoms with van der Waals surface area (Å²) in [6.07, 6.45) is 5.43. The third-order valence-electron chi connectivity index (χ3n) is 3.41. The van der Waals surface area contributed by atoms with Crippen molar-refractivity contribution in [2.75, 3.05) is 11.4 Å². The summed E-state index contributed by atoms with van der Waals surface area (Å²) >= 11 is 1.74. The van der Waals surface area contributed by atoms with E-state index in [0.29, 0.717) is 6.04 Å². The Balaban J connectivity index is 1.65. The quantitative estimate of drug-likeness (QED) is 0.757. The molecule has 0 aliphatic heterocycles. The van der Waals surface area contributed by atoms with E-state index >= 15 is 0 Å². The second kappa shape index (κ2) is 6.41. The second-order valence-electron chi connectivity index (χ2n) is 5.24. The first kappa shape index (κ1) is 13.6. The van der Waals surface area contributed by atoms with Crippen LogP contribution in [0.2, 0.25) is 0 Å². The minimum absolute atomic E-state index is 0.641. The van der Waals surface area contributed by atoms with Crippen molar-refractivity contribution >= 4 is 16.5 Å². The van der Waals surface area contributed by atoms with Crippen LogP contribution in [-0.2, 0) is 13.1 Å². The number of nitrogens with one attached hydrogen (secondary N) is 1. The maximum Gasteiger partial charge on any atom is 0.186 e. The first-order valence-electron chi connectivity index (χ1n) is 7.31. The lowest BCUT2D eigenvalue weighted by atomic mass is 10.4. The third kappa shape index (κ3) is 3.41. The molecule has 4 nitrogen and oxygen atoms in total. The zero-order valence-corrected chi connectivity index (χ0v) is 12.7. The number of rotatable bonds is 8. The molecule has 0 aromatic carbocycles. The molecule has 0 spiro atoms. The van der Waals surface area contributed by atoms with Gasteiger partial charge in [-0.05, 0) is 37.9 Å². The molecule has 0 amide bonds. The van der Waals surface area contributed by atoms with Crippen molar-refractivity contribution in [3.63, 3.8) is 0 Å². The molecular formula is C15H21N3OS. The summed E-state index contributed by atoms with van der Waals surface area (Å²) in [4.78, 5) is 7.15. The Labute approximate surface area is 123 Å². The fourth-order valence-electron chi connectivity index (χ4n) is 2.21. The predicted molar refractivity (Wildman–Crippen MR) is 82.0 cm³/mol. The average molecular weight is 291 g/mol. The Kier molecular flexibility index (Phi) is 4.38. The summed E-state index contributed by atoms with van der Waals surface area (Å²) in [6.45, 7) is 4.92. The lowest BCUT2D eigenvalue weighted by Gasteiger charge is -2.19. The van der Waals surface area contributed by atoms with Gasteiger partial charge in [0.25, 0.3) is 0 Å². The van der Waals surface area contributed by atoms with Crippen LogP contribution < -0.4 is 10.2 Å². The first-order chi connectivity index (χ1) is 9.86. The van der Waals surface area contributed by atoms with E-state index in [1.54, 1.807) is 17.6 Å². The third-order valence-corrected chi connectivity index (χ3v) is 4.34. The second-order valence-corrected chi connectivity index (χ2v) is 6.07. The summed E-state index contributed by atoms with van der Waals surface area (Å²) in [5.74, 6) is 1.01. The van der Waals surface area contributed by atoms with Gasteiger partial charge in [0.05, 0.1) is 18.5 Å². The van der Waals surface area contributed by atoms with Crippen molar-refractivity contribution < 1.29 is 4.42 Å². The Morgan fingerprint density at radius 3 is 3.10 bits per heavy atom. The van der Waals surface area contributed by atoms with Crippen LogP contribution in [-0.4, -0.2) is 17.6 Å². The molecule has 0 bridgehead atoms. The molecule has 1 fully saturated rings. The van der Waals surface area contributed by atoms with Gasteiger partial charge < -0.3 is 14.6 Å². The SMILES string of the molecule is CCCNCc1csc(N(Cc2ccco2)C2CC2)n1. The number of thiazole rings is 1. The van der Waals surface area contributed by atoms with E-state index in [0.717, 1.165) is 42.6 Å². The van der Waals surface area contributed by atoms with Gasteiger partial charge in [-0.1, -0.05) is 6.92 Å². The summed E-state index contributed by atoms with van der Waals surface area (Å²) in [5, 5.41) is 6.69. The first-order valence-corrected chi connectivity index (χ1v) is 8.19. The Morgan fingerprint density at radius 2 is 2.40 bits per heavy atom. The van der Waals surface area contributed by atoms with Gasteiger partial charge in [-0.15, -0.1) is 11.3 Å². The van der Waals surface area contributed by atoms with Crippen LogP contribution in [0, 0.1) is 0 Å². The average Bonchev–Trinajstić information content (AvgIpc) is 2.98. The highest BCUT2D eigenvalue weighted by Gasteiger charge is 2.31. The number of hydrogen-bond acceptors (Lipinski definition) is 5. The van der Waals surface area contributed by atoms with Crippen LogP contribution in [0.3, 0.4) is 0 Å². The lowest BCUT2D eigenvalue weighted by molar-refractivity contribution is 0.501. The molecule has 2 heterocycles. The van der Waals surface area contributed by atoms with Crippen molar-refractivity contribution in [3.05, 3.63) is 35.2 Å². The molecule has 108 valence electrons. The van der Waals surface area contributed by atoms with Crippen LogP contribution in [0.15, 0.2) is 28.2 Å². The summed E-state index contributed by atoms with van der Waals surface area (Å²) < 4.78 is 5.47. The molecule has 0 atom stereocenters. The number of furan rings is 1. The zero-order valence-electron chi connectivity index (χ0n) is 11.8. The van der Waals surface area contributed by atoms with Crippen LogP contribution >= 0.6 is 11.3 Å². The molecule has 0 unspecified atom stereocenters. The minimum atomic E-state index is 0.641. The van der Waals surface area contributed by atoms with Gasteiger partial charge in [0.2, 0.25) is 0 Å². The van der Waals surface area contributed by atoms with Crippen LogP contribution in [0.25, 0.3) is 0 Å². The molecule has 1 aliphatic carbocycles. The number of anilines is 1. The molecule has 5 heteroatoms. The molecule has 2 aromatic heterocycles. The normalized spacial score (nSPS) is 14.7. The van der Waals surface area contributed by atoms with Crippen molar-refractivity contribution in [1.29, 1.82) is 0 Å². The highest BCUT2D eigenvalue weighted by molar-refractivity contribution is 7.13. The minimum Gasteiger partial charge on any atom is -0.467 e. The van der Waals surface area contributed by atoms with Gasteiger partial charge in [0, 0.05) is 18.0 Å². The van der Waals surface area contributed by atoms with E-state index in [4.69, 9.17) is 9.40 Å². The van der Waals surface area contributed by atoms with E-state index in [2.05, 4.69) is 22.5 Å². The molecule has 3 rings (SSSR count). The van der Waals surface area contributed by atoms with E-state index in [1.165, 1.54) is 12.8 Å². The van der Waals surface area contributed by atoms with Gasteiger partial charge in [-0.2, -0.15) is 0 Å². The Morgan fingerprint density at radius 1 is 1.50 bits per heavy atom. The maximum absolute atomic E-state index is 5.47. The number of aromatic nitrogens is 1. The van der Waals surface area contributed by atoms with E-state index in [-0.39, 0.29) is 0 Å². The van der Waals surface area contributed by atoms with Crippen molar-refractivity contribution in [3.8, 4) is 0 Å². The topological polar surface area (TPSA) is 41.3 Å². The maximum atomic E-state index is 5.47. The van der Waals surface area contributed by atoms with Crippen LogP contribution in [0.4, 0.5) is 5.13 Å². The Hall–Kier alpha value is -1.33. The predicted octanol–water partition coefficient (Wildman–Crippen LogP) is 3.40. The van der Waals surface area contributed by atoms with Crippen molar-refractivity contribution in [1.82, 2.24) is 10.3 Å². The van der Waals surface area contributed by atoms with Crippen LogP contribution in [0.5, 0.6) is 0 Å². The van der Waals surface area contributed by atoms with Gasteiger partial charge in [0.15, 0.2) is 5.13 Å². The fourth-order valence-corrected chi connectivity index (χ4v) is 3.11. The van der Waals surface area contributed by atoms with Gasteiger partial charge in [-0.25, -0.2) is 4.98 Å².